The standard InChI is InChI=1S/C36H40FN3O4S/c1-5-28(4)38-36(42)34(23-29-12-8-6-9-13-29)39(24-30-18-20-31(37)21-19-30)35(41)25-40(33-22-26(2)16-17-27(33)3)45(43,44)32-14-10-7-11-15-32/h6-22,28,34H,5,23-25H2,1-4H3,(H,38,42)/t28-,34-/m0/s1. The Morgan fingerprint density at radius 3 is 2.09 bits per heavy atom. The molecule has 236 valence electrons. The Bertz CT molecular complexity index is 1700. The van der Waals surface area contributed by atoms with Crippen molar-refractivity contribution in [1.82, 2.24) is 10.2 Å². The van der Waals surface area contributed by atoms with Crippen molar-refractivity contribution in [3.63, 3.8) is 0 Å². The molecular formula is C36H40FN3O4S. The summed E-state index contributed by atoms with van der Waals surface area (Å²) in [5.74, 6) is -1.35. The molecule has 0 aliphatic heterocycles. The molecule has 0 aliphatic carbocycles. The average molecular weight is 630 g/mol. The molecule has 4 aromatic rings. The fourth-order valence-corrected chi connectivity index (χ4v) is 6.49. The molecule has 0 fully saturated rings. The lowest BCUT2D eigenvalue weighted by Crippen LogP contribution is -2.54. The van der Waals surface area contributed by atoms with Gasteiger partial charge in [-0.15, -0.1) is 0 Å². The van der Waals surface area contributed by atoms with Crippen LogP contribution in [-0.4, -0.2) is 43.8 Å². The zero-order valence-corrected chi connectivity index (χ0v) is 26.9. The molecule has 0 bridgehead atoms. The summed E-state index contributed by atoms with van der Waals surface area (Å²) < 4.78 is 43.3. The quantitative estimate of drug-likeness (QED) is 0.191. The Morgan fingerprint density at radius 1 is 0.844 bits per heavy atom. The lowest BCUT2D eigenvalue weighted by Gasteiger charge is -2.34. The molecule has 7 nitrogen and oxygen atoms in total. The Labute approximate surface area is 265 Å². The number of aryl methyl sites for hydroxylation is 2. The first-order chi connectivity index (χ1) is 21.5. The van der Waals surface area contributed by atoms with Gasteiger partial charge in [0.15, 0.2) is 0 Å². The Balaban J connectivity index is 1.83. The first kappa shape index (κ1) is 33.4. The first-order valence-corrected chi connectivity index (χ1v) is 16.5. The monoisotopic (exact) mass is 629 g/mol. The second kappa shape index (κ2) is 15.0. The Kier molecular flexibility index (Phi) is 11.1. The number of sulfonamides is 1. The highest BCUT2D eigenvalue weighted by Crippen LogP contribution is 2.29. The summed E-state index contributed by atoms with van der Waals surface area (Å²) in [6, 6.07) is 27.4. The number of rotatable bonds is 13. The van der Waals surface area contributed by atoms with E-state index >= 15 is 0 Å². The van der Waals surface area contributed by atoms with Gasteiger partial charge in [0.05, 0.1) is 10.6 Å². The van der Waals surface area contributed by atoms with E-state index in [2.05, 4.69) is 5.32 Å². The highest BCUT2D eigenvalue weighted by Gasteiger charge is 2.35. The molecule has 2 atom stereocenters. The molecule has 0 radical (unpaired) electrons. The van der Waals surface area contributed by atoms with Crippen molar-refractivity contribution in [2.45, 2.75) is 64.1 Å². The van der Waals surface area contributed by atoms with Gasteiger partial charge in [-0.05, 0) is 79.8 Å². The number of benzene rings is 4. The largest absolute Gasteiger partial charge is 0.352 e. The van der Waals surface area contributed by atoms with Crippen molar-refractivity contribution >= 4 is 27.5 Å². The maximum atomic E-state index is 14.5. The van der Waals surface area contributed by atoms with Crippen LogP contribution in [0.1, 0.15) is 42.5 Å². The molecule has 4 rings (SSSR count). The van der Waals surface area contributed by atoms with Gasteiger partial charge in [-0.25, -0.2) is 12.8 Å². The minimum absolute atomic E-state index is 0.0312. The van der Waals surface area contributed by atoms with E-state index in [4.69, 9.17) is 0 Å². The number of halogens is 1. The van der Waals surface area contributed by atoms with Crippen molar-refractivity contribution in [1.29, 1.82) is 0 Å². The van der Waals surface area contributed by atoms with Crippen LogP contribution in [-0.2, 0) is 32.6 Å². The van der Waals surface area contributed by atoms with Gasteiger partial charge < -0.3 is 10.2 Å². The van der Waals surface area contributed by atoms with Crippen LogP contribution >= 0.6 is 0 Å². The van der Waals surface area contributed by atoms with Crippen molar-refractivity contribution in [2.24, 2.45) is 0 Å². The molecule has 1 N–H and O–H groups in total. The lowest BCUT2D eigenvalue weighted by molar-refractivity contribution is -0.140. The summed E-state index contributed by atoms with van der Waals surface area (Å²) in [5.41, 5.74) is 3.31. The van der Waals surface area contributed by atoms with Crippen LogP contribution < -0.4 is 9.62 Å². The van der Waals surface area contributed by atoms with Gasteiger partial charge in [0.25, 0.3) is 10.0 Å². The van der Waals surface area contributed by atoms with Gasteiger partial charge in [0, 0.05) is 19.0 Å². The number of carbonyl (C=O) groups is 2. The number of carbonyl (C=O) groups excluding carboxylic acids is 2. The summed E-state index contributed by atoms with van der Waals surface area (Å²) in [7, 11) is -4.19. The van der Waals surface area contributed by atoms with E-state index in [0.29, 0.717) is 23.2 Å². The molecule has 0 unspecified atom stereocenters. The van der Waals surface area contributed by atoms with Gasteiger partial charge in [0.2, 0.25) is 11.8 Å². The predicted octanol–water partition coefficient (Wildman–Crippen LogP) is 6.19. The van der Waals surface area contributed by atoms with Crippen LogP contribution in [0, 0.1) is 19.7 Å². The zero-order valence-electron chi connectivity index (χ0n) is 26.1. The smallest absolute Gasteiger partial charge is 0.264 e. The zero-order chi connectivity index (χ0) is 32.6. The molecule has 0 aliphatic rings. The van der Waals surface area contributed by atoms with E-state index in [1.807, 2.05) is 63.2 Å². The summed E-state index contributed by atoms with van der Waals surface area (Å²) in [4.78, 5) is 29.9. The summed E-state index contributed by atoms with van der Waals surface area (Å²) in [5, 5.41) is 3.01. The van der Waals surface area contributed by atoms with Crippen molar-refractivity contribution in [2.75, 3.05) is 10.8 Å². The van der Waals surface area contributed by atoms with E-state index in [1.165, 1.54) is 29.2 Å². The fraction of sp³-hybridized carbons (Fsp3) is 0.278. The normalized spacial score (nSPS) is 12.6. The van der Waals surface area contributed by atoms with E-state index in [-0.39, 0.29) is 29.8 Å². The fourth-order valence-electron chi connectivity index (χ4n) is 5.00. The van der Waals surface area contributed by atoms with Gasteiger partial charge in [0.1, 0.15) is 18.4 Å². The van der Waals surface area contributed by atoms with E-state index < -0.39 is 34.3 Å². The summed E-state index contributed by atoms with van der Waals surface area (Å²) in [6.07, 6.45) is 0.885. The molecule has 0 spiro atoms. The van der Waals surface area contributed by atoms with Crippen molar-refractivity contribution in [3.8, 4) is 0 Å². The van der Waals surface area contributed by atoms with Crippen LogP contribution in [0.4, 0.5) is 10.1 Å². The van der Waals surface area contributed by atoms with Crippen LogP contribution in [0.5, 0.6) is 0 Å². The van der Waals surface area contributed by atoms with E-state index in [9.17, 15) is 22.4 Å². The third kappa shape index (κ3) is 8.57. The summed E-state index contributed by atoms with van der Waals surface area (Å²) >= 11 is 0. The van der Waals surface area contributed by atoms with Crippen LogP contribution in [0.3, 0.4) is 0 Å². The molecule has 0 heterocycles. The van der Waals surface area contributed by atoms with Crippen LogP contribution in [0.25, 0.3) is 0 Å². The first-order valence-electron chi connectivity index (χ1n) is 15.0. The highest BCUT2D eigenvalue weighted by atomic mass is 32.2. The molecule has 0 aromatic heterocycles. The van der Waals surface area contributed by atoms with Crippen molar-refractivity contribution < 1.29 is 22.4 Å². The van der Waals surface area contributed by atoms with E-state index in [0.717, 1.165) is 15.4 Å². The molecule has 45 heavy (non-hydrogen) atoms. The van der Waals surface area contributed by atoms with Gasteiger partial charge in [-0.1, -0.05) is 79.7 Å². The van der Waals surface area contributed by atoms with Gasteiger partial charge in [-0.3, -0.25) is 13.9 Å². The second-order valence-corrected chi connectivity index (χ2v) is 13.1. The average Bonchev–Trinajstić information content (AvgIpc) is 3.04. The topological polar surface area (TPSA) is 86.8 Å². The van der Waals surface area contributed by atoms with Crippen molar-refractivity contribution in [3.05, 3.63) is 131 Å². The van der Waals surface area contributed by atoms with Crippen LogP contribution in [0.15, 0.2) is 108 Å². The number of amides is 2. The molecule has 2 amide bonds. The predicted molar refractivity (Wildman–Crippen MR) is 176 cm³/mol. The SMILES string of the molecule is CC[C@H](C)NC(=O)[C@H](Cc1ccccc1)N(Cc1ccc(F)cc1)C(=O)CN(c1cc(C)ccc1C)S(=O)(=O)c1ccccc1. The number of anilines is 1. The number of nitrogens with zero attached hydrogens (tertiary/aromatic N) is 2. The summed E-state index contributed by atoms with van der Waals surface area (Å²) in [6.45, 7) is 6.91. The Hall–Kier alpha value is -4.50. The molecule has 0 saturated carbocycles. The third-order valence-corrected chi connectivity index (χ3v) is 9.56. The molecular weight excluding hydrogens is 589 g/mol. The maximum absolute atomic E-state index is 14.5. The number of hydrogen-bond acceptors (Lipinski definition) is 4. The molecule has 4 aromatic carbocycles. The third-order valence-electron chi connectivity index (χ3n) is 7.78. The lowest BCUT2D eigenvalue weighted by atomic mass is 10.0. The molecule has 9 heteroatoms. The highest BCUT2D eigenvalue weighted by molar-refractivity contribution is 7.92. The second-order valence-electron chi connectivity index (χ2n) is 11.3. The van der Waals surface area contributed by atoms with Crippen LogP contribution in [0.2, 0.25) is 0 Å². The minimum atomic E-state index is -4.19. The van der Waals surface area contributed by atoms with Gasteiger partial charge >= 0.3 is 0 Å². The minimum Gasteiger partial charge on any atom is -0.352 e. The van der Waals surface area contributed by atoms with Gasteiger partial charge in [-0.2, -0.15) is 0 Å². The number of nitrogens with one attached hydrogen (secondary N) is 1. The molecule has 0 saturated heterocycles. The Morgan fingerprint density at radius 2 is 1.47 bits per heavy atom. The maximum Gasteiger partial charge on any atom is 0.264 e. The number of hydrogen-bond donors (Lipinski definition) is 1. The van der Waals surface area contributed by atoms with E-state index in [1.54, 1.807) is 43.3 Å².